The van der Waals surface area contributed by atoms with Crippen LogP contribution >= 0.6 is 0 Å². The van der Waals surface area contributed by atoms with E-state index in [0.717, 1.165) is 17.8 Å². The second-order valence-corrected chi connectivity index (χ2v) is 5.91. The third-order valence-corrected chi connectivity index (χ3v) is 4.12. The van der Waals surface area contributed by atoms with E-state index in [-0.39, 0.29) is 0 Å². The summed E-state index contributed by atoms with van der Waals surface area (Å²) in [5.74, 6) is 3.72. The number of allylic oxidation sites excluding steroid dienone is 2. The van der Waals surface area contributed by atoms with Crippen molar-refractivity contribution in [2.75, 3.05) is 0 Å². The van der Waals surface area contributed by atoms with E-state index >= 15 is 0 Å². The highest BCUT2D eigenvalue weighted by Gasteiger charge is 2.16. The summed E-state index contributed by atoms with van der Waals surface area (Å²) in [4.78, 5) is 0. The first-order valence-corrected chi connectivity index (χ1v) is 6.45. The smallest absolute Gasteiger partial charge is 0.0211 e. The standard InChI is InChI=1S/C15H30/c1-10(2)14(7)12(5)9-13(6)15(8)11(3)4/h9-12,14-15H,1-8H3. The lowest BCUT2D eigenvalue weighted by molar-refractivity contribution is 0.338. The molecule has 0 aliphatic carbocycles. The highest BCUT2D eigenvalue weighted by Crippen LogP contribution is 2.26. The molecule has 0 bridgehead atoms. The average molecular weight is 210 g/mol. The van der Waals surface area contributed by atoms with Crippen LogP contribution in [-0.4, -0.2) is 0 Å². The Labute approximate surface area is 97.2 Å². The quantitative estimate of drug-likeness (QED) is 0.550. The van der Waals surface area contributed by atoms with Gasteiger partial charge in [-0.05, 0) is 36.5 Å². The second kappa shape index (κ2) is 6.35. The molecule has 0 aromatic rings. The topological polar surface area (TPSA) is 0 Å². The third-order valence-electron chi connectivity index (χ3n) is 4.12. The van der Waals surface area contributed by atoms with Gasteiger partial charge in [-0.3, -0.25) is 0 Å². The zero-order valence-corrected chi connectivity index (χ0v) is 12.0. The van der Waals surface area contributed by atoms with Gasteiger partial charge in [-0.2, -0.15) is 0 Å². The summed E-state index contributed by atoms with van der Waals surface area (Å²) in [5.41, 5.74) is 1.56. The van der Waals surface area contributed by atoms with Crippen molar-refractivity contribution in [3.05, 3.63) is 11.6 Å². The molecule has 0 rings (SSSR count). The van der Waals surface area contributed by atoms with Crippen LogP contribution in [0.15, 0.2) is 11.6 Å². The maximum atomic E-state index is 2.48. The maximum absolute atomic E-state index is 2.48. The molecule has 0 aromatic heterocycles. The molecule has 0 fully saturated rings. The number of rotatable bonds is 5. The molecule has 0 heteroatoms. The van der Waals surface area contributed by atoms with Gasteiger partial charge in [0.25, 0.3) is 0 Å². The van der Waals surface area contributed by atoms with Crippen LogP contribution in [0.2, 0.25) is 0 Å². The van der Waals surface area contributed by atoms with Gasteiger partial charge >= 0.3 is 0 Å². The van der Waals surface area contributed by atoms with Gasteiger partial charge in [-0.1, -0.05) is 60.1 Å². The lowest BCUT2D eigenvalue weighted by Gasteiger charge is -2.23. The Hall–Kier alpha value is -0.260. The molecule has 0 radical (unpaired) electrons. The first kappa shape index (κ1) is 14.7. The Morgan fingerprint density at radius 1 is 0.800 bits per heavy atom. The van der Waals surface area contributed by atoms with E-state index in [1.807, 2.05) is 0 Å². The molecular weight excluding hydrogens is 180 g/mol. The number of hydrogen-bond acceptors (Lipinski definition) is 0. The van der Waals surface area contributed by atoms with Crippen molar-refractivity contribution >= 4 is 0 Å². The molecule has 0 aromatic carbocycles. The summed E-state index contributed by atoms with van der Waals surface area (Å²) in [6, 6.07) is 0. The third kappa shape index (κ3) is 4.86. The minimum atomic E-state index is 0.700. The van der Waals surface area contributed by atoms with Crippen LogP contribution in [0.25, 0.3) is 0 Å². The lowest BCUT2D eigenvalue weighted by atomic mass is 9.82. The molecule has 0 nitrogen and oxygen atoms in total. The van der Waals surface area contributed by atoms with Crippen molar-refractivity contribution in [1.29, 1.82) is 0 Å². The van der Waals surface area contributed by atoms with Crippen molar-refractivity contribution in [1.82, 2.24) is 0 Å². The molecule has 90 valence electrons. The molecule has 3 atom stereocenters. The van der Waals surface area contributed by atoms with Crippen LogP contribution in [-0.2, 0) is 0 Å². The van der Waals surface area contributed by atoms with Crippen molar-refractivity contribution in [3.8, 4) is 0 Å². The zero-order valence-electron chi connectivity index (χ0n) is 12.0. The summed E-state index contributed by atoms with van der Waals surface area (Å²) in [5, 5.41) is 0. The van der Waals surface area contributed by atoms with Crippen molar-refractivity contribution in [3.63, 3.8) is 0 Å². The molecule has 0 saturated heterocycles. The SMILES string of the molecule is CC(=CC(C)C(C)C(C)C)C(C)C(C)C. The predicted octanol–water partition coefficient (Wildman–Crippen LogP) is 5.15. The van der Waals surface area contributed by atoms with Gasteiger partial charge in [-0.15, -0.1) is 0 Å². The monoisotopic (exact) mass is 210 g/mol. The van der Waals surface area contributed by atoms with E-state index in [1.165, 1.54) is 0 Å². The van der Waals surface area contributed by atoms with E-state index in [4.69, 9.17) is 0 Å². The fourth-order valence-corrected chi connectivity index (χ4v) is 1.85. The Morgan fingerprint density at radius 3 is 1.60 bits per heavy atom. The molecule has 0 spiro atoms. The summed E-state index contributed by atoms with van der Waals surface area (Å²) in [6.45, 7) is 18.6. The normalized spacial score (nSPS) is 19.5. The fourth-order valence-electron chi connectivity index (χ4n) is 1.85. The van der Waals surface area contributed by atoms with Gasteiger partial charge in [0.1, 0.15) is 0 Å². The largest absolute Gasteiger partial charge is 0.0822 e. The molecule has 0 aliphatic heterocycles. The maximum Gasteiger partial charge on any atom is -0.0211 e. The summed E-state index contributed by atoms with van der Waals surface area (Å²) in [6.07, 6.45) is 2.48. The predicted molar refractivity (Wildman–Crippen MR) is 70.9 cm³/mol. The van der Waals surface area contributed by atoms with Gasteiger partial charge in [0.05, 0.1) is 0 Å². The highest BCUT2D eigenvalue weighted by molar-refractivity contribution is 5.05. The first-order valence-electron chi connectivity index (χ1n) is 6.45. The molecule has 3 unspecified atom stereocenters. The first-order chi connectivity index (χ1) is 6.77. The Kier molecular flexibility index (Phi) is 6.24. The minimum Gasteiger partial charge on any atom is -0.0822 e. The van der Waals surface area contributed by atoms with Crippen molar-refractivity contribution < 1.29 is 0 Å². The zero-order chi connectivity index (χ0) is 12.2. The lowest BCUT2D eigenvalue weighted by Crippen LogP contribution is -2.14. The molecule has 15 heavy (non-hydrogen) atoms. The van der Waals surface area contributed by atoms with Crippen molar-refractivity contribution in [2.45, 2.75) is 55.4 Å². The number of hydrogen-bond donors (Lipinski definition) is 0. The van der Waals surface area contributed by atoms with Gasteiger partial charge in [0.15, 0.2) is 0 Å². The summed E-state index contributed by atoms with van der Waals surface area (Å²) in [7, 11) is 0. The molecule has 0 saturated carbocycles. The Morgan fingerprint density at radius 2 is 1.27 bits per heavy atom. The van der Waals surface area contributed by atoms with Crippen LogP contribution in [0, 0.1) is 29.6 Å². The van der Waals surface area contributed by atoms with Crippen LogP contribution in [0.5, 0.6) is 0 Å². The van der Waals surface area contributed by atoms with Crippen LogP contribution in [0.4, 0.5) is 0 Å². The van der Waals surface area contributed by atoms with Crippen molar-refractivity contribution in [2.24, 2.45) is 29.6 Å². The Balaban J connectivity index is 4.47. The van der Waals surface area contributed by atoms with E-state index < -0.39 is 0 Å². The van der Waals surface area contributed by atoms with Gasteiger partial charge in [0.2, 0.25) is 0 Å². The second-order valence-electron chi connectivity index (χ2n) is 5.91. The average Bonchev–Trinajstić information content (AvgIpc) is 2.14. The van der Waals surface area contributed by atoms with E-state index in [1.54, 1.807) is 5.57 Å². The van der Waals surface area contributed by atoms with Crippen LogP contribution < -0.4 is 0 Å². The van der Waals surface area contributed by atoms with E-state index in [0.29, 0.717) is 11.8 Å². The highest BCUT2D eigenvalue weighted by atomic mass is 14.2. The molecule has 0 heterocycles. The molecule has 0 aliphatic rings. The fraction of sp³-hybridized carbons (Fsp3) is 0.867. The summed E-state index contributed by atoms with van der Waals surface area (Å²) < 4.78 is 0. The van der Waals surface area contributed by atoms with E-state index in [9.17, 15) is 0 Å². The molecule has 0 amide bonds. The molecule has 0 N–H and O–H groups in total. The Bertz CT molecular complexity index is 198. The van der Waals surface area contributed by atoms with E-state index in [2.05, 4.69) is 61.5 Å². The minimum absolute atomic E-state index is 0.700. The van der Waals surface area contributed by atoms with Gasteiger partial charge in [0, 0.05) is 0 Å². The van der Waals surface area contributed by atoms with Crippen LogP contribution in [0.3, 0.4) is 0 Å². The molecular formula is C15H30. The summed E-state index contributed by atoms with van der Waals surface area (Å²) >= 11 is 0. The van der Waals surface area contributed by atoms with Crippen LogP contribution in [0.1, 0.15) is 55.4 Å². The van der Waals surface area contributed by atoms with Gasteiger partial charge in [-0.25, -0.2) is 0 Å². The van der Waals surface area contributed by atoms with Gasteiger partial charge < -0.3 is 0 Å².